The molecule has 0 radical (unpaired) electrons. The van der Waals surface area contributed by atoms with Crippen molar-refractivity contribution in [3.63, 3.8) is 0 Å². The van der Waals surface area contributed by atoms with E-state index in [0.29, 0.717) is 10.9 Å². The summed E-state index contributed by atoms with van der Waals surface area (Å²) in [5.74, 6) is 0.555. The van der Waals surface area contributed by atoms with Crippen molar-refractivity contribution in [1.82, 2.24) is 4.98 Å². The second-order valence-corrected chi connectivity index (χ2v) is 7.46. The van der Waals surface area contributed by atoms with Gasteiger partial charge < -0.3 is 4.42 Å². The van der Waals surface area contributed by atoms with Crippen molar-refractivity contribution in [2.45, 2.75) is 0 Å². The zero-order valence-corrected chi connectivity index (χ0v) is 16.2. The fourth-order valence-electron chi connectivity index (χ4n) is 2.57. The maximum atomic E-state index is 6.01. The smallest absolute Gasteiger partial charge is 0.228 e. The number of oxazole rings is 1. The summed E-state index contributed by atoms with van der Waals surface area (Å²) in [6.07, 6.45) is 0. The third-order valence-corrected chi connectivity index (χ3v) is 5.19. The third kappa shape index (κ3) is 2.90. The van der Waals surface area contributed by atoms with Crippen LogP contribution in [0.25, 0.3) is 33.7 Å². The summed E-state index contributed by atoms with van der Waals surface area (Å²) in [4.78, 5) is 4.65. The van der Waals surface area contributed by atoms with E-state index in [9.17, 15) is 0 Å². The minimum absolute atomic E-state index is 0.555. The molecular weight excluding hydrogens is 453 g/mol. The first-order chi connectivity index (χ1) is 11.6. The van der Waals surface area contributed by atoms with Gasteiger partial charge in [0.05, 0.1) is 10.0 Å². The van der Waals surface area contributed by atoms with Gasteiger partial charge in [0.1, 0.15) is 5.52 Å². The van der Waals surface area contributed by atoms with Crippen molar-refractivity contribution in [3.05, 3.63) is 74.6 Å². The van der Waals surface area contributed by atoms with Crippen molar-refractivity contribution in [2.75, 3.05) is 0 Å². The second kappa shape index (κ2) is 6.36. The van der Waals surface area contributed by atoms with Crippen LogP contribution in [-0.4, -0.2) is 4.98 Å². The molecule has 0 spiro atoms. The topological polar surface area (TPSA) is 26.0 Å². The zero-order valence-electron chi connectivity index (χ0n) is 12.3. The molecule has 3 aromatic carbocycles. The zero-order chi connectivity index (χ0) is 16.7. The molecule has 5 heteroatoms. The lowest BCUT2D eigenvalue weighted by molar-refractivity contribution is 0.617. The average molecular weight is 464 g/mol. The van der Waals surface area contributed by atoms with Gasteiger partial charge in [0.2, 0.25) is 5.89 Å². The van der Waals surface area contributed by atoms with Gasteiger partial charge in [-0.15, -0.1) is 0 Å². The highest BCUT2D eigenvalue weighted by Crippen LogP contribution is 2.36. The molecule has 24 heavy (non-hydrogen) atoms. The monoisotopic (exact) mass is 461 g/mol. The van der Waals surface area contributed by atoms with E-state index in [2.05, 4.69) is 49.0 Å². The molecule has 0 saturated carbocycles. The van der Waals surface area contributed by atoms with Crippen LogP contribution in [0.4, 0.5) is 0 Å². The molecule has 0 unspecified atom stereocenters. The predicted molar refractivity (Wildman–Crippen MR) is 105 cm³/mol. The van der Waals surface area contributed by atoms with Gasteiger partial charge in [0.15, 0.2) is 5.58 Å². The van der Waals surface area contributed by atoms with Crippen molar-refractivity contribution in [3.8, 4) is 22.6 Å². The van der Waals surface area contributed by atoms with Gasteiger partial charge in [0.25, 0.3) is 0 Å². The fraction of sp³-hybridized carbons (Fsp3) is 0. The highest BCUT2D eigenvalue weighted by Gasteiger charge is 2.15. The number of nitrogens with zero attached hydrogens (tertiary/aromatic N) is 1. The second-order valence-electron chi connectivity index (χ2n) is 5.32. The highest BCUT2D eigenvalue weighted by molar-refractivity contribution is 9.11. The van der Waals surface area contributed by atoms with Gasteiger partial charge in [-0.2, -0.15) is 0 Å². The number of benzene rings is 3. The quantitative estimate of drug-likeness (QED) is 0.311. The number of halogens is 3. The van der Waals surface area contributed by atoms with Crippen LogP contribution < -0.4 is 0 Å². The Morgan fingerprint density at radius 3 is 2.38 bits per heavy atom. The Morgan fingerprint density at radius 2 is 1.62 bits per heavy atom. The molecule has 0 amide bonds. The molecule has 0 aliphatic carbocycles. The van der Waals surface area contributed by atoms with Crippen LogP contribution in [0.3, 0.4) is 0 Å². The van der Waals surface area contributed by atoms with Crippen LogP contribution in [0.2, 0.25) is 5.02 Å². The lowest BCUT2D eigenvalue weighted by Gasteiger charge is -2.02. The summed E-state index contributed by atoms with van der Waals surface area (Å²) in [5, 5.41) is 0.661. The predicted octanol–water partition coefficient (Wildman–Crippen LogP) is 7.34. The molecule has 0 bridgehead atoms. The molecule has 0 aliphatic heterocycles. The first kappa shape index (κ1) is 15.9. The van der Waals surface area contributed by atoms with Gasteiger partial charge in [-0.3, -0.25) is 0 Å². The van der Waals surface area contributed by atoms with Crippen molar-refractivity contribution >= 4 is 54.6 Å². The van der Waals surface area contributed by atoms with Crippen LogP contribution >= 0.6 is 43.5 Å². The fourth-order valence-corrected chi connectivity index (χ4v) is 3.95. The molecule has 2 nitrogen and oxygen atoms in total. The average Bonchev–Trinajstić information content (AvgIpc) is 3.00. The molecule has 118 valence electrons. The van der Waals surface area contributed by atoms with Gasteiger partial charge in [-0.05, 0) is 73.3 Å². The van der Waals surface area contributed by atoms with E-state index >= 15 is 0 Å². The largest absolute Gasteiger partial charge is 0.435 e. The Kier molecular flexibility index (Phi) is 4.21. The maximum absolute atomic E-state index is 6.01. The first-order valence-corrected chi connectivity index (χ1v) is 9.19. The van der Waals surface area contributed by atoms with Crippen molar-refractivity contribution in [1.29, 1.82) is 0 Å². The SMILES string of the molecule is Clc1ccc(-c2nc3cc(-c4ccccc4)cc(Br)c3o2)c(Br)c1. The molecule has 0 saturated heterocycles. The number of hydrogen-bond donors (Lipinski definition) is 0. The summed E-state index contributed by atoms with van der Waals surface area (Å²) >= 11 is 13.1. The Labute approximate surface area is 160 Å². The Bertz CT molecular complexity index is 1040. The molecule has 1 aromatic heterocycles. The van der Waals surface area contributed by atoms with Crippen LogP contribution in [0.5, 0.6) is 0 Å². The molecule has 0 atom stereocenters. The lowest BCUT2D eigenvalue weighted by Crippen LogP contribution is -1.80. The molecular formula is C19H10Br2ClNO. The van der Waals surface area contributed by atoms with E-state index in [-0.39, 0.29) is 0 Å². The molecule has 4 aromatic rings. The van der Waals surface area contributed by atoms with Crippen LogP contribution in [-0.2, 0) is 0 Å². The Hall–Kier alpha value is -1.62. The minimum Gasteiger partial charge on any atom is -0.435 e. The lowest BCUT2D eigenvalue weighted by atomic mass is 10.1. The molecule has 0 aliphatic rings. The summed E-state index contributed by atoms with van der Waals surface area (Å²) in [7, 11) is 0. The standard InChI is InChI=1S/C19H10Br2ClNO/c20-15-10-13(22)6-7-14(15)19-23-17-9-12(8-16(21)18(17)24-19)11-4-2-1-3-5-11/h1-10H. The van der Waals surface area contributed by atoms with Crippen molar-refractivity contribution in [2.24, 2.45) is 0 Å². The molecule has 4 rings (SSSR count). The van der Waals surface area contributed by atoms with E-state index in [0.717, 1.165) is 36.7 Å². The third-order valence-electron chi connectivity index (χ3n) is 3.71. The number of rotatable bonds is 2. The summed E-state index contributed by atoms with van der Waals surface area (Å²) in [6.45, 7) is 0. The van der Waals surface area contributed by atoms with E-state index in [1.807, 2.05) is 48.5 Å². The van der Waals surface area contributed by atoms with Crippen LogP contribution in [0, 0.1) is 0 Å². The molecule has 1 heterocycles. The molecule has 0 N–H and O–H groups in total. The number of aromatic nitrogens is 1. The van der Waals surface area contributed by atoms with Gasteiger partial charge >= 0.3 is 0 Å². The Balaban J connectivity index is 1.88. The van der Waals surface area contributed by atoms with Gasteiger partial charge in [0, 0.05) is 9.50 Å². The van der Waals surface area contributed by atoms with E-state index in [4.69, 9.17) is 16.0 Å². The maximum Gasteiger partial charge on any atom is 0.228 e. The van der Waals surface area contributed by atoms with Crippen LogP contribution in [0.15, 0.2) is 74.0 Å². The number of fused-ring (bicyclic) bond motifs is 1. The van der Waals surface area contributed by atoms with E-state index in [1.165, 1.54) is 0 Å². The van der Waals surface area contributed by atoms with Gasteiger partial charge in [-0.25, -0.2) is 4.98 Å². The summed E-state index contributed by atoms with van der Waals surface area (Å²) in [5.41, 5.74) is 4.62. The first-order valence-electron chi connectivity index (χ1n) is 7.23. The summed E-state index contributed by atoms with van der Waals surface area (Å²) in [6, 6.07) is 19.8. The summed E-state index contributed by atoms with van der Waals surface area (Å²) < 4.78 is 7.69. The van der Waals surface area contributed by atoms with Crippen molar-refractivity contribution < 1.29 is 4.42 Å². The van der Waals surface area contributed by atoms with Gasteiger partial charge in [-0.1, -0.05) is 41.9 Å². The van der Waals surface area contributed by atoms with E-state index in [1.54, 1.807) is 0 Å². The Morgan fingerprint density at radius 1 is 0.833 bits per heavy atom. The van der Waals surface area contributed by atoms with Crippen LogP contribution in [0.1, 0.15) is 0 Å². The highest BCUT2D eigenvalue weighted by atomic mass is 79.9. The minimum atomic E-state index is 0.555. The normalized spacial score (nSPS) is 11.1. The van der Waals surface area contributed by atoms with E-state index < -0.39 is 0 Å². The number of hydrogen-bond acceptors (Lipinski definition) is 2. The molecule has 0 fully saturated rings.